The smallest absolute Gasteiger partial charge is 0.301 e. The molecule has 0 atom stereocenters. The van der Waals surface area contributed by atoms with E-state index in [4.69, 9.17) is 33.7 Å². The minimum atomic E-state index is 0.0935. The standard InChI is InChI=1S/C15H10Cl2N4O/c1-2-22-15-10(7-19)12(9(6-18)14(20)21-15)8-4-3-5-11(16)13(8)17/h3-5H,2H2,1H3,(H2,20,21)/p+1. The lowest BCUT2D eigenvalue weighted by atomic mass is 9.96. The molecule has 22 heavy (non-hydrogen) atoms. The molecular formula is C15H11Cl2N4O+. The summed E-state index contributed by atoms with van der Waals surface area (Å²) in [6.45, 7) is 2.11. The summed E-state index contributed by atoms with van der Waals surface area (Å²) in [5.41, 5.74) is 6.88. The van der Waals surface area contributed by atoms with Crippen molar-refractivity contribution >= 4 is 29.0 Å². The van der Waals surface area contributed by atoms with Gasteiger partial charge in [-0.25, -0.2) is 4.98 Å². The van der Waals surface area contributed by atoms with E-state index in [0.717, 1.165) is 0 Å². The molecule has 0 saturated heterocycles. The lowest BCUT2D eigenvalue weighted by molar-refractivity contribution is -0.377. The van der Waals surface area contributed by atoms with Gasteiger partial charge in [-0.1, -0.05) is 35.3 Å². The van der Waals surface area contributed by atoms with Crippen molar-refractivity contribution in [2.24, 2.45) is 0 Å². The monoisotopic (exact) mass is 333 g/mol. The summed E-state index contributed by atoms with van der Waals surface area (Å²) in [6, 6.07) is 8.99. The van der Waals surface area contributed by atoms with E-state index in [0.29, 0.717) is 22.8 Å². The Balaban J connectivity index is 2.92. The molecule has 1 aromatic carbocycles. The van der Waals surface area contributed by atoms with Crippen LogP contribution in [0.2, 0.25) is 10.0 Å². The van der Waals surface area contributed by atoms with Gasteiger partial charge in [0.2, 0.25) is 0 Å². The van der Waals surface area contributed by atoms with Crippen molar-refractivity contribution < 1.29 is 9.72 Å². The molecule has 1 heterocycles. The van der Waals surface area contributed by atoms with Gasteiger partial charge in [-0.05, 0) is 13.0 Å². The molecule has 0 amide bonds. The Morgan fingerprint density at radius 2 is 1.91 bits per heavy atom. The first kappa shape index (κ1) is 15.9. The molecule has 110 valence electrons. The Morgan fingerprint density at radius 1 is 1.23 bits per heavy atom. The molecule has 0 fully saturated rings. The molecule has 7 heteroatoms. The van der Waals surface area contributed by atoms with Crippen molar-refractivity contribution in [3.05, 3.63) is 39.4 Å². The van der Waals surface area contributed by atoms with Crippen LogP contribution < -0.4 is 15.5 Å². The first-order valence-corrected chi connectivity index (χ1v) is 7.06. The number of aromatic nitrogens is 1. The van der Waals surface area contributed by atoms with Crippen LogP contribution in [0.3, 0.4) is 0 Å². The molecule has 0 aliphatic rings. The number of H-pyrrole nitrogens is 1. The third-order valence-corrected chi connectivity index (χ3v) is 3.80. The largest absolute Gasteiger partial charge is 0.462 e. The van der Waals surface area contributed by atoms with Gasteiger partial charge < -0.3 is 4.74 Å². The van der Waals surface area contributed by atoms with Gasteiger partial charge in [-0.3, -0.25) is 5.73 Å². The molecule has 2 rings (SSSR count). The maximum atomic E-state index is 9.48. The molecule has 5 nitrogen and oxygen atoms in total. The molecule has 3 N–H and O–H groups in total. The normalized spacial score (nSPS) is 9.86. The molecule has 2 aromatic rings. The zero-order valence-electron chi connectivity index (χ0n) is 11.6. The second-order valence-electron chi connectivity index (χ2n) is 4.25. The number of anilines is 1. The molecule has 0 unspecified atom stereocenters. The number of pyridine rings is 1. The predicted molar refractivity (Wildman–Crippen MR) is 83.5 cm³/mol. The lowest BCUT2D eigenvalue weighted by Crippen LogP contribution is -2.19. The van der Waals surface area contributed by atoms with Crippen molar-refractivity contribution in [2.45, 2.75) is 6.92 Å². The van der Waals surface area contributed by atoms with Gasteiger partial charge in [0.25, 0.3) is 5.82 Å². The number of nitrogens with one attached hydrogen (secondary N) is 1. The number of nitrogens with two attached hydrogens (primary N) is 1. The molecule has 0 bridgehead atoms. The third-order valence-electron chi connectivity index (χ3n) is 2.98. The van der Waals surface area contributed by atoms with E-state index in [-0.39, 0.29) is 27.8 Å². The number of nitriles is 2. The summed E-state index contributed by atoms with van der Waals surface area (Å²) in [7, 11) is 0. The van der Waals surface area contributed by atoms with E-state index in [9.17, 15) is 10.5 Å². The molecule has 0 aliphatic heterocycles. The highest BCUT2D eigenvalue weighted by atomic mass is 35.5. The van der Waals surface area contributed by atoms with Crippen molar-refractivity contribution in [1.82, 2.24) is 0 Å². The number of nitrogen functional groups attached to an aromatic ring is 1. The quantitative estimate of drug-likeness (QED) is 0.932. The summed E-state index contributed by atoms with van der Waals surface area (Å²) < 4.78 is 5.40. The van der Waals surface area contributed by atoms with E-state index in [1.165, 1.54) is 0 Å². The summed E-state index contributed by atoms with van der Waals surface area (Å²) in [5.74, 6) is 0.281. The number of aromatic amines is 1. The molecular weight excluding hydrogens is 323 g/mol. The van der Waals surface area contributed by atoms with E-state index in [1.807, 2.05) is 12.1 Å². The second-order valence-corrected chi connectivity index (χ2v) is 5.04. The van der Waals surface area contributed by atoms with Crippen LogP contribution in [0, 0.1) is 22.7 Å². The SMILES string of the molecule is CCOc1[nH+]c(N)c(C#N)c(-c2cccc(Cl)c2Cl)c1C#N. The zero-order valence-corrected chi connectivity index (χ0v) is 13.1. The first-order valence-electron chi connectivity index (χ1n) is 6.31. The number of ether oxygens (including phenoxy) is 1. The van der Waals surface area contributed by atoms with Crippen LogP contribution in [0.1, 0.15) is 18.1 Å². The minimum Gasteiger partial charge on any atom is -0.462 e. The van der Waals surface area contributed by atoms with Crippen LogP contribution >= 0.6 is 23.2 Å². The Kier molecular flexibility index (Phi) is 4.72. The van der Waals surface area contributed by atoms with Crippen molar-refractivity contribution in [2.75, 3.05) is 12.3 Å². The van der Waals surface area contributed by atoms with E-state index in [2.05, 4.69) is 4.98 Å². The molecule has 0 aliphatic carbocycles. The van der Waals surface area contributed by atoms with Gasteiger partial charge >= 0.3 is 5.88 Å². The van der Waals surface area contributed by atoms with Gasteiger partial charge in [0, 0.05) is 11.1 Å². The van der Waals surface area contributed by atoms with Crippen molar-refractivity contribution in [1.29, 1.82) is 10.5 Å². The van der Waals surface area contributed by atoms with Crippen LogP contribution in [-0.4, -0.2) is 6.61 Å². The fourth-order valence-corrected chi connectivity index (χ4v) is 2.46. The summed E-state index contributed by atoms with van der Waals surface area (Å²) in [6.07, 6.45) is 0. The minimum absolute atomic E-state index is 0.0935. The topological polar surface area (TPSA) is 97.0 Å². The van der Waals surface area contributed by atoms with Crippen molar-refractivity contribution in [3.8, 4) is 29.1 Å². The van der Waals surface area contributed by atoms with Gasteiger partial charge in [-0.15, -0.1) is 0 Å². The average molecular weight is 334 g/mol. The highest BCUT2D eigenvalue weighted by molar-refractivity contribution is 6.43. The maximum Gasteiger partial charge on any atom is 0.301 e. The number of halogens is 2. The van der Waals surface area contributed by atoms with Crippen LogP contribution in [0.25, 0.3) is 11.1 Å². The highest BCUT2D eigenvalue weighted by Gasteiger charge is 2.26. The Bertz CT molecular complexity index is 822. The zero-order chi connectivity index (χ0) is 16.3. The van der Waals surface area contributed by atoms with Gasteiger partial charge in [0.15, 0.2) is 5.56 Å². The molecule has 0 radical (unpaired) electrons. The van der Waals surface area contributed by atoms with E-state index < -0.39 is 0 Å². The van der Waals surface area contributed by atoms with Crippen LogP contribution in [0.15, 0.2) is 18.2 Å². The summed E-state index contributed by atoms with van der Waals surface area (Å²) >= 11 is 12.3. The van der Waals surface area contributed by atoms with Gasteiger partial charge in [0.1, 0.15) is 17.7 Å². The summed E-state index contributed by atoms with van der Waals surface area (Å²) in [4.78, 5) is 2.73. The average Bonchev–Trinajstić information content (AvgIpc) is 2.50. The maximum absolute atomic E-state index is 9.48. The number of rotatable bonds is 3. The van der Waals surface area contributed by atoms with Gasteiger partial charge in [0.05, 0.1) is 16.7 Å². The Labute approximate surface area is 137 Å². The fraction of sp³-hybridized carbons (Fsp3) is 0.133. The number of hydrogen-bond acceptors (Lipinski definition) is 4. The molecule has 0 spiro atoms. The second kappa shape index (κ2) is 6.53. The number of nitrogens with zero attached hydrogens (tertiary/aromatic N) is 2. The fourth-order valence-electron chi connectivity index (χ4n) is 2.06. The van der Waals surface area contributed by atoms with E-state index in [1.54, 1.807) is 25.1 Å². The lowest BCUT2D eigenvalue weighted by Gasteiger charge is -2.12. The highest BCUT2D eigenvalue weighted by Crippen LogP contribution is 2.39. The predicted octanol–water partition coefficient (Wildman–Crippen LogP) is 3.20. The Hall–Kier alpha value is -2.47. The van der Waals surface area contributed by atoms with Crippen molar-refractivity contribution in [3.63, 3.8) is 0 Å². The van der Waals surface area contributed by atoms with Crippen LogP contribution in [-0.2, 0) is 0 Å². The van der Waals surface area contributed by atoms with Crippen LogP contribution in [0.4, 0.5) is 5.82 Å². The molecule has 1 aromatic heterocycles. The number of benzene rings is 1. The van der Waals surface area contributed by atoms with Crippen LogP contribution in [0.5, 0.6) is 5.88 Å². The molecule has 0 saturated carbocycles. The number of hydrogen-bond donors (Lipinski definition) is 1. The van der Waals surface area contributed by atoms with Gasteiger partial charge in [-0.2, -0.15) is 10.5 Å². The third kappa shape index (κ3) is 2.65. The summed E-state index contributed by atoms with van der Waals surface area (Å²) in [5, 5.41) is 19.4. The van der Waals surface area contributed by atoms with E-state index >= 15 is 0 Å². The first-order chi connectivity index (χ1) is 10.5. The Morgan fingerprint density at radius 3 is 2.50 bits per heavy atom.